The van der Waals surface area contributed by atoms with Gasteiger partial charge in [-0.2, -0.15) is 0 Å². The van der Waals surface area contributed by atoms with Crippen molar-refractivity contribution < 1.29 is 25.9 Å². The second kappa shape index (κ2) is 10.6. The molecule has 1 radical (unpaired) electrons. The molecule has 2 nitrogen and oxygen atoms in total. The minimum Gasteiger partial charge on any atom is -0.346 e. The first kappa shape index (κ1) is 16.0. The van der Waals surface area contributed by atoms with Crippen LogP contribution in [0.3, 0.4) is 0 Å². The van der Waals surface area contributed by atoms with E-state index in [9.17, 15) is 4.79 Å². The van der Waals surface area contributed by atoms with Crippen LogP contribution in [0.1, 0.15) is 39.0 Å². The van der Waals surface area contributed by atoms with E-state index in [4.69, 9.17) is 23.5 Å². The molecule has 0 saturated heterocycles. The van der Waals surface area contributed by atoms with Crippen LogP contribution in [-0.4, -0.2) is 11.3 Å². The largest absolute Gasteiger partial charge is 0.346 e. The van der Waals surface area contributed by atoms with Crippen molar-refractivity contribution in [3.05, 3.63) is 0 Å². The molecule has 5 heteroatoms. The molecule has 0 aromatic rings. The topological polar surface area (TPSA) is 26.3 Å². The van der Waals surface area contributed by atoms with E-state index >= 15 is 0 Å². The van der Waals surface area contributed by atoms with Crippen LogP contribution in [0.4, 0.5) is 0 Å². The van der Waals surface area contributed by atoms with Gasteiger partial charge in [0, 0.05) is 16.8 Å². The van der Waals surface area contributed by atoms with Crippen molar-refractivity contribution in [2.24, 2.45) is 0 Å². The summed E-state index contributed by atoms with van der Waals surface area (Å²) in [7, 11) is 0. The van der Waals surface area contributed by atoms with E-state index in [1.54, 1.807) is 0 Å². The number of rotatable bonds is 6. The summed E-state index contributed by atoms with van der Waals surface area (Å²) < 4.78 is 3.97. The van der Waals surface area contributed by atoms with Crippen molar-refractivity contribution in [3.63, 3.8) is 0 Å². The SMILES string of the molecule is CCCCCCC(Cl)C(=O)OCl.[Co]. The van der Waals surface area contributed by atoms with E-state index in [-0.39, 0.29) is 16.8 Å². The van der Waals surface area contributed by atoms with Gasteiger partial charge in [-0.05, 0) is 6.42 Å². The molecule has 0 heterocycles. The molecule has 0 saturated carbocycles. The Morgan fingerprint density at radius 1 is 1.38 bits per heavy atom. The molecule has 0 rings (SSSR count). The number of halogens is 2. The summed E-state index contributed by atoms with van der Waals surface area (Å²) in [6, 6.07) is 0. The summed E-state index contributed by atoms with van der Waals surface area (Å²) in [5.41, 5.74) is 0. The standard InChI is InChI=1S/C8H14Cl2O2.Co/c1-2-3-4-5-6-7(9)8(11)12-10;/h7H,2-6H2,1H3;. The fraction of sp³-hybridized carbons (Fsp3) is 0.875. The molecule has 1 atom stereocenters. The number of carbonyl (C=O) groups is 1. The first-order valence-electron chi connectivity index (χ1n) is 4.18. The van der Waals surface area contributed by atoms with Crippen molar-refractivity contribution in [2.75, 3.05) is 0 Å². The summed E-state index contributed by atoms with van der Waals surface area (Å²) in [4.78, 5) is 10.7. The van der Waals surface area contributed by atoms with E-state index in [1.807, 2.05) is 0 Å². The molecule has 0 amide bonds. The first-order valence-corrected chi connectivity index (χ1v) is 4.93. The number of carbonyl (C=O) groups excluding carboxylic acids is 1. The van der Waals surface area contributed by atoms with Gasteiger partial charge in [-0.1, -0.05) is 32.6 Å². The van der Waals surface area contributed by atoms with Crippen molar-refractivity contribution >= 4 is 29.4 Å². The zero-order valence-corrected chi connectivity index (χ0v) is 10.1. The zero-order valence-electron chi connectivity index (χ0n) is 7.52. The second-order valence-electron chi connectivity index (χ2n) is 2.71. The second-order valence-corrected chi connectivity index (χ2v) is 3.39. The summed E-state index contributed by atoms with van der Waals surface area (Å²) >= 11 is 10.5. The van der Waals surface area contributed by atoms with Crippen LogP contribution in [0, 0.1) is 0 Å². The van der Waals surface area contributed by atoms with Crippen molar-refractivity contribution in [3.8, 4) is 0 Å². The molecular weight excluding hydrogens is 258 g/mol. The first-order chi connectivity index (χ1) is 5.72. The van der Waals surface area contributed by atoms with Crippen LogP contribution in [-0.2, 0) is 25.9 Å². The quantitative estimate of drug-likeness (QED) is 0.548. The van der Waals surface area contributed by atoms with Gasteiger partial charge in [0.15, 0.2) is 0 Å². The van der Waals surface area contributed by atoms with Gasteiger partial charge in [0.05, 0.1) is 0 Å². The molecule has 0 aromatic carbocycles. The molecule has 0 bridgehead atoms. The van der Waals surface area contributed by atoms with Gasteiger partial charge in [0.25, 0.3) is 0 Å². The molecule has 0 aliphatic heterocycles. The van der Waals surface area contributed by atoms with Crippen molar-refractivity contribution in [1.82, 2.24) is 0 Å². The third-order valence-corrected chi connectivity index (χ3v) is 2.19. The number of unbranched alkanes of at least 4 members (excludes halogenated alkanes) is 3. The molecule has 0 aromatic heterocycles. The fourth-order valence-corrected chi connectivity index (χ4v) is 1.27. The van der Waals surface area contributed by atoms with Crippen LogP contribution in [0.25, 0.3) is 0 Å². The Bertz CT molecular complexity index is 133. The zero-order chi connectivity index (χ0) is 9.40. The molecule has 0 N–H and O–H groups in total. The van der Waals surface area contributed by atoms with Crippen LogP contribution < -0.4 is 0 Å². The molecule has 13 heavy (non-hydrogen) atoms. The van der Waals surface area contributed by atoms with E-state index in [1.165, 1.54) is 12.8 Å². The van der Waals surface area contributed by atoms with E-state index in [0.29, 0.717) is 6.42 Å². The van der Waals surface area contributed by atoms with Gasteiger partial charge in [-0.25, -0.2) is 4.79 Å². The van der Waals surface area contributed by atoms with Crippen LogP contribution in [0.2, 0.25) is 0 Å². The maximum atomic E-state index is 10.7. The fourth-order valence-electron chi connectivity index (χ4n) is 0.917. The molecule has 0 aliphatic carbocycles. The summed E-state index contributed by atoms with van der Waals surface area (Å²) in [5.74, 6) is -0.546. The molecule has 0 aliphatic rings. The molecule has 81 valence electrons. The number of hydrogen-bond acceptors (Lipinski definition) is 2. The van der Waals surface area contributed by atoms with Gasteiger partial charge in [-0.3, -0.25) is 0 Å². The maximum Gasteiger partial charge on any atom is 0.342 e. The van der Waals surface area contributed by atoms with Crippen molar-refractivity contribution in [1.29, 1.82) is 0 Å². The average Bonchev–Trinajstić information content (AvgIpc) is 2.10. The normalized spacial score (nSPS) is 11.6. The molecule has 0 fully saturated rings. The molecule has 1 unspecified atom stereocenters. The van der Waals surface area contributed by atoms with E-state index in [0.717, 1.165) is 12.8 Å². The van der Waals surface area contributed by atoms with E-state index in [2.05, 4.69) is 11.2 Å². The Kier molecular flexibility index (Phi) is 13.1. The summed E-state index contributed by atoms with van der Waals surface area (Å²) in [6.07, 6.45) is 5.06. The minimum atomic E-state index is -0.584. The number of alkyl halides is 1. The van der Waals surface area contributed by atoms with Crippen LogP contribution >= 0.6 is 23.5 Å². The van der Waals surface area contributed by atoms with Crippen LogP contribution in [0.15, 0.2) is 0 Å². The molecule has 0 spiro atoms. The maximum absolute atomic E-state index is 10.7. The predicted molar refractivity (Wildman–Crippen MR) is 50.3 cm³/mol. The van der Waals surface area contributed by atoms with Crippen LogP contribution in [0.5, 0.6) is 0 Å². The van der Waals surface area contributed by atoms with E-state index < -0.39 is 11.3 Å². The minimum absolute atomic E-state index is 0. The van der Waals surface area contributed by atoms with Gasteiger partial charge < -0.3 is 4.29 Å². The third kappa shape index (κ3) is 8.88. The smallest absolute Gasteiger partial charge is 0.342 e. The predicted octanol–water partition coefficient (Wildman–Crippen LogP) is 3.26. The Balaban J connectivity index is 0. The van der Waals surface area contributed by atoms with Gasteiger partial charge in [0.1, 0.15) is 17.2 Å². The average molecular weight is 272 g/mol. The Morgan fingerprint density at radius 3 is 2.46 bits per heavy atom. The van der Waals surface area contributed by atoms with Gasteiger partial charge in [-0.15, -0.1) is 11.6 Å². The van der Waals surface area contributed by atoms with Gasteiger partial charge in [0.2, 0.25) is 0 Å². The Hall–Kier alpha value is 0.556. The van der Waals surface area contributed by atoms with Crippen molar-refractivity contribution in [2.45, 2.75) is 44.4 Å². The van der Waals surface area contributed by atoms with Gasteiger partial charge >= 0.3 is 5.97 Å². The molecular formula is C8H14Cl2CoO2. The third-order valence-electron chi connectivity index (χ3n) is 1.64. The summed E-state index contributed by atoms with van der Waals surface area (Å²) in [5, 5.41) is -0.584. The monoisotopic (exact) mass is 271 g/mol. The Labute approximate surface area is 99.7 Å². The summed E-state index contributed by atoms with van der Waals surface area (Å²) in [6.45, 7) is 2.13. The number of hydrogen-bond donors (Lipinski definition) is 0. The Morgan fingerprint density at radius 2 is 2.00 bits per heavy atom.